The zero-order valence-electron chi connectivity index (χ0n) is 17.8. The number of ether oxygens (including phenoxy) is 2. The molecule has 0 spiro atoms. The molecule has 0 bridgehead atoms. The molecule has 0 unspecified atom stereocenters. The van der Waals surface area contributed by atoms with Crippen LogP contribution in [-0.2, 0) is 9.47 Å². The Morgan fingerprint density at radius 3 is 1.63 bits per heavy atom. The molecule has 0 aliphatic carbocycles. The third-order valence-electron chi connectivity index (χ3n) is 4.71. The molecule has 4 nitrogen and oxygen atoms in total. The van der Waals surface area contributed by atoms with Gasteiger partial charge in [0.1, 0.15) is 0 Å². The number of esters is 2. The first kappa shape index (κ1) is 26.0. The summed E-state index contributed by atoms with van der Waals surface area (Å²) in [4.78, 5) is 24.1. The van der Waals surface area contributed by atoms with Crippen LogP contribution in [0.15, 0.2) is 24.3 Å². The van der Waals surface area contributed by atoms with Crippen molar-refractivity contribution >= 4 is 11.9 Å². The maximum atomic E-state index is 12.2. The van der Waals surface area contributed by atoms with Crippen LogP contribution in [0.2, 0.25) is 0 Å². The Hall–Kier alpha value is -2.05. The lowest BCUT2D eigenvalue weighted by atomic mass is 10.1. The van der Waals surface area contributed by atoms with E-state index in [4.69, 9.17) is 4.74 Å². The Bertz CT molecular complexity index is 629. The minimum atomic E-state index is -4.62. The third-order valence-corrected chi connectivity index (χ3v) is 4.71. The van der Waals surface area contributed by atoms with Crippen molar-refractivity contribution in [2.24, 2.45) is 0 Å². The van der Waals surface area contributed by atoms with E-state index >= 15 is 0 Å². The van der Waals surface area contributed by atoms with E-state index < -0.39 is 24.7 Å². The molecule has 1 aromatic carbocycles. The summed E-state index contributed by atoms with van der Waals surface area (Å²) < 4.78 is 46.1. The summed E-state index contributed by atoms with van der Waals surface area (Å²) in [5, 5.41) is 0. The van der Waals surface area contributed by atoms with E-state index in [0.29, 0.717) is 6.42 Å². The molecule has 0 fully saturated rings. The second-order valence-electron chi connectivity index (χ2n) is 7.41. The lowest BCUT2D eigenvalue weighted by Gasteiger charge is -2.11. The first-order chi connectivity index (χ1) is 14.3. The van der Waals surface area contributed by atoms with Crippen molar-refractivity contribution in [3.05, 3.63) is 35.4 Å². The molecule has 0 aliphatic heterocycles. The van der Waals surface area contributed by atoms with Gasteiger partial charge in [0.2, 0.25) is 0 Å². The van der Waals surface area contributed by atoms with E-state index in [0.717, 1.165) is 19.3 Å². The molecule has 0 atom stereocenters. The normalized spacial score (nSPS) is 11.3. The molecule has 0 saturated heterocycles. The fourth-order valence-electron chi connectivity index (χ4n) is 3.07. The molecule has 30 heavy (non-hydrogen) atoms. The van der Waals surface area contributed by atoms with Gasteiger partial charge in [-0.1, -0.05) is 83.3 Å². The van der Waals surface area contributed by atoms with Gasteiger partial charge in [0.15, 0.2) is 6.61 Å². The van der Waals surface area contributed by atoms with Crippen molar-refractivity contribution in [1.29, 1.82) is 0 Å². The van der Waals surface area contributed by atoms with Crippen LogP contribution in [-0.4, -0.2) is 31.3 Å². The zero-order chi connectivity index (χ0) is 22.2. The molecular weight excluding hydrogens is 397 g/mol. The molecule has 0 aromatic heterocycles. The lowest BCUT2D eigenvalue weighted by Crippen LogP contribution is -2.22. The number of halogens is 3. The highest BCUT2D eigenvalue weighted by atomic mass is 19.4. The lowest BCUT2D eigenvalue weighted by molar-refractivity contribution is -0.161. The number of alkyl halides is 3. The third kappa shape index (κ3) is 11.8. The first-order valence-electron chi connectivity index (χ1n) is 10.8. The molecule has 0 N–H and O–H groups in total. The molecule has 1 rings (SSSR count). The van der Waals surface area contributed by atoms with Gasteiger partial charge >= 0.3 is 18.1 Å². The monoisotopic (exact) mass is 430 g/mol. The fraction of sp³-hybridized carbons (Fsp3) is 0.652. The van der Waals surface area contributed by atoms with Crippen molar-refractivity contribution in [1.82, 2.24) is 0 Å². The summed E-state index contributed by atoms with van der Waals surface area (Å²) in [6.45, 7) is 0.721. The van der Waals surface area contributed by atoms with Crippen LogP contribution >= 0.6 is 0 Å². The van der Waals surface area contributed by atoms with Crippen LogP contribution in [0.5, 0.6) is 0 Å². The summed E-state index contributed by atoms with van der Waals surface area (Å²) in [5.41, 5.74) is -0.321. The van der Waals surface area contributed by atoms with Crippen LogP contribution < -0.4 is 0 Å². The highest BCUT2D eigenvalue weighted by Crippen LogP contribution is 2.18. The maximum Gasteiger partial charge on any atom is 0.422 e. The smallest absolute Gasteiger partial charge is 0.422 e. The second-order valence-corrected chi connectivity index (χ2v) is 7.41. The maximum absolute atomic E-state index is 12.2. The summed E-state index contributed by atoms with van der Waals surface area (Å²) in [6.07, 6.45) is 8.27. The largest absolute Gasteiger partial charge is 0.462 e. The predicted molar refractivity (Wildman–Crippen MR) is 110 cm³/mol. The van der Waals surface area contributed by atoms with E-state index in [1.165, 1.54) is 69.2 Å². The number of unbranched alkanes of at least 4 members (excludes halogenated alkanes) is 10. The van der Waals surface area contributed by atoms with Crippen molar-refractivity contribution in [3.63, 3.8) is 0 Å². The predicted octanol–water partition coefficient (Wildman–Crippen LogP) is 6.87. The van der Waals surface area contributed by atoms with E-state index in [1.807, 2.05) is 0 Å². The summed E-state index contributed by atoms with van der Waals surface area (Å²) in [5.74, 6) is -1.93. The Balaban J connectivity index is 2.24. The molecule has 0 saturated carbocycles. The van der Waals surface area contributed by atoms with Crippen LogP contribution in [0.3, 0.4) is 0 Å². The summed E-state index contributed by atoms with van der Waals surface area (Å²) in [6, 6.07) is 5.55. The van der Waals surface area contributed by atoms with Gasteiger partial charge in [-0.05, 0) is 18.6 Å². The molecule has 0 amide bonds. The van der Waals surface area contributed by atoms with Crippen LogP contribution in [0.4, 0.5) is 13.2 Å². The fourth-order valence-corrected chi connectivity index (χ4v) is 3.07. The van der Waals surface area contributed by atoms with Crippen molar-refractivity contribution < 1.29 is 32.2 Å². The van der Waals surface area contributed by atoms with E-state index in [2.05, 4.69) is 11.7 Å². The van der Waals surface area contributed by atoms with Gasteiger partial charge in [-0.25, -0.2) is 9.59 Å². The number of benzene rings is 1. The van der Waals surface area contributed by atoms with Gasteiger partial charge < -0.3 is 9.47 Å². The van der Waals surface area contributed by atoms with Gasteiger partial charge in [-0.3, -0.25) is 0 Å². The Morgan fingerprint density at radius 1 is 0.733 bits per heavy atom. The van der Waals surface area contributed by atoms with Crippen molar-refractivity contribution in [3.8, 4) is 0 Å². The summed E-state index contributed by atoms with van der Waals surface area (Å²) >= 11 is 0. The van der Waals surface area contributed by atoms with Gasteiger partial charge in [0.25, 0.3) is 0 Å². The topological polar surface area (TPSA) is 52.6 Å². The van der Waals surface area contributed by atoms with Gasteiger partial charge in [0.05, 0.1) is 17.7 Å². The van der Waals surface area contributed by atoms with E-state index in [9.17, 15) is 22.8 Å². The van der Waals surface area contributed by atoms with Crippen molar-refractivity contribution in [2.75, 3.05) is 13.2 Å². The van der Waals surface area contributed by atoms with Crippen LogP contribution in [0.1, 0.15) is 98.3 Å². The number of hydrogen-bond acceptors (Lipinski definition) is 4. The molecule has 0 radical (unpaired) electrons. The molecule has 170 valence electrons. The average Bonchev–Trinajstić information content (AvgIpc) is 2.72. The number of hydrogen-bond donors (Lipinski definition) is 0. The van der Waals surface area contributed by atoms with E-state index in [-0.39, 0.29) is 17.7 Å². The minimum absolute atomic E-state index is 0.0900. The molecule has 0 heterocycles. The highest BCUT2D eigenvalue weighted by molar-refractivity contribution is 6.03. The van der Waals surface area contributed by atoms with Gasteiger partial charge in [-0.15, -0.1) is 0 Å². The number of rotatable bonds is 15. The number of carbonyl (C=O) groups is 2. The standard InChI is InChI=1S/C23H33F3O4/c1-2-3-4-5-6-7-8-9-10-11-14-17-29-21(27)19-15-12-13-16-20(19)22(28)30-18-23(24,25)26/h12-13,15-16H,2-11,14,17-18H2,1H3. The Kier molecular flexibility index (Phi) is 12.9. The SMILES string of the molecule is CCCCCCCCCCCCCOC(=O)c1ccccc1C(=O)OCC(F)(F)F. The average molecular weight is 431 g/mol. The molecule has 0 aliphatic rings. The highest BCUT2D eigenvalue weighted by Gasteiger charge is 2.30. The van der Waals surface area contributed by atoms with Gasteiger partial charge in [0, 0.05) is 0 Å². The van der Waals surface area contributed by atoms with Gasteiger partial charge in [-0.2, -0.15) is 13.2 Å². The molecule has 1 aromatic rings. The quantitative estimate of drug-likeness (QED) is 0.225. The Labute approximate surface area is 177 Å². The Morgan fingerprint density at radius 2 is 1.17 bits per heavy atom. The molecule has 7 heteroatoms. The molecular formula is C23H33F3O4. The zero-order valence-corrected chi connectivity index (χ0v) is 17.8. The summed E-state index contributed by atoms with van der Waals surface area (Å²) in [7, 11) is 0. The first-order valence-corrected chi connectivity index (χ1v) is 10.8. The number of carbonyl (C=O) groups excluding carboxylic acids is 2. The van der Waals surface area contributed by atoms with Crippen molar-refractivity contribution in [2.45, 2.75) is 83.7 Å². The minimum Gasteiger partial charge on any atom is -0.462 e. The second kappa shape index (κ2) is 14.9. The van der Waals surface area contributed by atoms with Crippen LogP contribution in [0, 0.1) is 0 Å². The van der Waals surface area contributed by atoms with Crippen LogP contribution in [0.25, 0.3) is 0 Å². The van der Waals surface area contributed by atoms with E-state index in [1.54, 1.807) is 0 Å².